The summed E-state index contributed by atoms with van der Waals surface area (Å²) in [6.07, 6.45) is 4.41. The molecule has 0 atom stereocenters. The summed E-state index contributed by atoms with van der Waals surface area (Å²) < 4.78 is 11.0. The van der Waals surface area contributed by atoms with E-state index in [0.29, 0.717) is 5.92 Å². The molecule has 1 aliphatic rings. The van der Waals surface area contributed by atoms with Crippen molar-refractivity contribution in [2.45, 2.75) is 32.6 Å². The number of hydrogen-bond donors (Lipinski definition) is 2. The molecule has 0 amide bonds. The van der Waals surface area contributed by atoms with Crippen molar-refractivity contribution in [1.82, 2.24) is 10.6 Å². The molecule has 1 rings (SSSR count). The number of rotatable bonds is 8. The van der Waals surface area contributed by atoms with Crippen LogP contribution < -0.4 is 10.6 Å². The smallest absolute Gasteiger partial charge is 0.190 e. The molecule has 5 heteroatoms. The maximum absolute atomic E-state index is 5.71. The van der Waals surface area contributed by atoms with Gasteiger partial charge in [0.25, 0.3) is 0 Å². The predicted molar refractivity (Wildman–Crippen MR) is 78.6 cm³/mol. The van der Waals surface area contributed by atoms with Crippen LogP contribution in [0.3, 0.4) is 0 Å². The van der Waals surface area contributed by atoms with Crippen LogP contribution in [0.25, 0.3) is 0 Å². The summed E-state index contributed by atoms with van der Waals surface area (Å²) in [5, 5.41) is 6.53. The predicted octanol–water partition coefficient (Wildman–Crippen LogP) is 1.39. The van der Waals surface area contributed by atoms with Gasteiger partial charge in [0.05, 0.1) is 0 Å². The molecule has 112 valence electrons. The number of aliphatic imine (C=N–C) groups is 1. The summed E-state index contributed by atoms with van der Waals surface area (Å²) in [6, 6.07) is 0. The third-order valence-corrected chi connectivity index (χ3v) is 3.22. The molecular weight excluding hydrogens is 242 g/mol. The zero-order chi connectivity index (χ0) is 13.8. The van der Waals surface area contributed by atoms with Crippen molar-refractivity contribution < 1.29 is 9.47 Å². The normalized spacial score (nSPS) is 17.5. The average Bonchev–Trinajstić information content (AvgIpc) is 2.47. The first-order valence-corrected chi connectivity index (χ1v) is 7.46. The quantitative estimate of drug-likeness (QED) is 0.398. The minimum absolute atomic E-state index is 0.695. The number of nitrogens with one attached hydrogen (secondary N) is 2. The largest absolute Gasteiger partial charge is 0.381 e. The van der Waals surface area contributed by atoms with Gasteiger partial charge >= 0.3 is 0 Å². The van der Waals surface area contributed by atoms with E-state index < -0.39 is 0 Å². The maximum atomic E-state index is 5.71. The van der Waals surface area contributed by atoms with Crippen LogP contribution in [0.5, 0.6) is 0 Å². The fourth-order valence-electron chi connectivity index (χ4n) is 2.01. The van der Waals surface area contributed by atoms with Crippen LogP contribution in [0.15, 0.2) is 4.99 Å². The molecule has 19 heavy (non-hydrogen) atoms. The third kappa shape index (κ3) is 8.06. The minimum atomic E-state index is 0.695. The Kier molecular flexibility index (Phi) is 9.45. The molecule has 0 aliphatic carbocycles. The Labute approximate surface area is 117 Å². The van der Waals surface area contributed by atoms with Crippen LogP contribution >= 0.6 is 0 Å². The highest BCUT2D eigenvalue weighted by Gasteiger charge is 2.13. The monoisotopic (exact) mass is 271 g/mol. The lowest BCUT2D eigenvalue weighted by Gasteiger charge is -2.21. The van der Waals surface area contributed by atoms with Crippen molar-refractivity contribution in [3.05, 3.63) is 0 Å². The maximum Gasteiger partial charge on any atom is 0.190 e. The first-order valence-electron chi connectivity index (χ1n) is 7.46. The average molecular weight is 271 g/mol. The van der Waals surface area contributed by atoms with E-state index in [1.54, 1.807) is 7.05 Å². The topological polar surface area (TPSA) is 54.9 Å². The molecule has 0 spiro atoms. The molecule has 1 fully saturated rings. The van der Waals surface area contributed by atoms with Gasteiger partial charge in [0.2, 0.25) is 0 Å². The summed E-state index contributed by atoms with van der Waals surface area (Å²) in [4.78, 5) is 4.16. The lowest BCUT2D eigenvalue weighted by Crippen LogP contribution is -2.38. The Balaban J connectivity index is 1.92. The van der Waals surface area contributed by atoms with E-state index >= 15 is 0 Å². The molecular formula is C14H29N3O2. The van der Waals surface area contributed by atoms with Gasteiger partial charge in [-0.25, -0.2) is 0 Å². The Morgan fingerprint density at radius 2 is 2.00 bits per heavy atom. The van der Waals surface area contributed by atoms with Crippen LogP contribution in [0.2, 0.25) is 0 Å². The van der Waals surface area contributed by atoms with Gasteiger partial charge in [-0.05, 0) is 31.6 Å². The Morgan fingerprint density at radius 3 is 2.68 bits per heavy atom. The van der Waals surface area contributed by atoms with Crippen LogP contribution in [-0.2, 0) is 9.47 Å². The van der Waals surface area contributed by atoms with E-state index in [2.05, 4.69) is 22.5 Å². The van der Waals surface area contributed by atoms with E-state index in [9.17, 15) is 0 Å². The molecule has 0 bridgehead atoms. The lowest BCUT2D eigenvalue weighted by molar-refractivity contribution is 0.0203. The SMILES string of the molecule is CCCNC(=NC)NCCCOCC1CCOCC1. The summed E-state index contributed by atoms with van der Waals surface area (Å²) in [5.41, 5.74) is 0. The number of guanidine groups is 1. The molecule has 0 unspecified atom stereocenters. The van der Waals surface area contributed by atoms with E-state index in [4.69, 9.17) is 9.47 Å². The third-order valence-electron chi connectivity index (χ3n) is 3.22. The zero-order valence-electron chi connectivity index (χ0n) is 12.4. The highest BCUT2D eigenvalue weighted by Crippen LogP contribution is 2.14. The van der Waals surface area contributed by atoms with E-state index in [-0.39, 0.29) is 0 Å². The van der Waals surface area contributed by atoms with Crippen molar-refractivity contribution in [1.29, 1.82) is 0 Å². The number of hydrogen-bond acceptors (Lipinski definition) is 3. The van der Waals surface area contributed by atoms with Crippen molar-refractivity contribution in [3.63, 3.8) is 0 Å². The fraction of sp³-hybridized carbons (Fsp3) is 0.929. The molecule has 1 heterocycles. The number of ether oxygens (including phenoxy) is 2. The Morgan fingerprint density at radius 1 is 1.26 bits per heavy atom. The lowest BCUT2D eigenvalue weighted by atomic mass is 10.0. The first kappa shape index (κ1) is 16.2. The van der Waals surface area contributed by atoms with E-state index in [0.717, 1.165) is 71.2 Å². The van der Waals surface area contributed by atoms with Gasteiger partial charge in [0.15, 0.2) is 5.96 Å². The molecule has 0 aromatic rings. The van der Waals surface area contributed by atoms with Crippen LogP contribution in [0, 0.1) is 5.92 Å². The second-order valence-corrected chi connectivity index (χ2v) is 4.91. The van der Waals surface area contributed by atoms with Crippen molar-refractivity contribution in [2.75, 3.05) is 46.6 Å². The van der Waals surface area contributed by atoms with Gasteiger partial charge in [-0.15, -0.1) is 0 Å². The molecule has 5 nitrogen and oxygen atoms in total. The highest BCUT2D eigenvalue weighted by atomic mass is 16.5. The van der Waals surface area contributed by atoms with Gasteiger partial charge in [-0.2, -0.15) is 0 Å². The Hall–Kier alpha value is -0.810. The molecule has 1 aliphatic heterocycles. The second kappa shape index (κ2) is 11.1. The molecule has 0 saturated carbocycles. The first-order chi connectivity index (χ1) is 9.36. The zero-order valence-corrected chi connectivity index (χ0v) is 12.4. The van der Waals surface area contributed by atoms with Crippen LogP contribution in [0.1, 0.15) is 32.6 Å². The standard InChI is InChI=1S/C14H29N3O2/c1-3-7-16-14(15-2)17-8-4-9-19-12-13-5-10-18-11-6-13/h13H,3-12H2,1-2H3,(H2,15,16,17). The summed E-state index contributed by atoms with van der Waals surface area (Å²) in [5.74, 6) is 1.58. The summed E-state index contributed by atoms with van der Waals surface area (Å²) >= 11 is 0. The molecule has 0 radical (unpaired) electrons. The minimum Gasteiger partial charge on any atom is -0.381 e. The summed E-state index contributed by atoms with van der Waals surface area (Å²) in [7, 11) is 1.80. The highest BCUT2D eigenvalue weighted by molar-refractivity contribution is 5.79. The van der Waals surface area contributed by atoms with E-state index in [1.165, 1.54) is 0 Å². The second-order valence-electron chi connectivity index (χ2n) is 4.91. The molecule has 1 saturated heterocycles. The van der Waals surface area contributed by atoms with Gasteiger partial charge in [-0.3, -0.25) is 4.99 Å². The van der Waals surface area contributed by atoms with Gasteiger partial charge in [0.1, 0.15) is 0 Å². The van der Waals surface area contributed by atoms with Crippen molar-refractivity contribution in [2.24, 2.45) is 10.9 Å². The van der Waals surface area contributed by atoms with Crippen molar-refractivity contribution >= 4 is 5.96 Å². The van der Waals surface area contributed by atoms with Crippen LogP contribution in [0.4, 0.5) is 0 Å². The van der Waals surface area contributed by atoms with Gasteiger partial charge in [0, 0.05) is 46.6 Å². The van der Waals surface area contributed by atoms with E-state index in [1.807, 2.05) is 0 Å². The molecule has 2 N–H and O–H groups in total. The van der Waals surface area contributed by atoms with Gasteiger partial charge in [-0.1, -0.05) is 6.92 Å². The Bertz CT molecular complexity index is 241. The van der Waals surface area contributed by atoms with Crippen molar-refractivity contribution in [3.8, 4) is 0 Å². The molecule has 0 aromatic carbocycles. The molecule has 0 aromatic heterocycles. The summed E-state index contributed by atoms with van der Waals surface area (Å²) in [6.45, 7) is 7.49. The van der Waals surface area contributed by atoms with Gasteiger partial charge < -0.3 is 20.1 Å². The number of nitrogens with zero attached hydrogens (tertiary/aromatic N) is 1. The fourth-order valence-corrected chi connectivity index (χ4v) is 2.01. The van der Waals surface area contributed by atoms with Crippen LogP contribution in [-0.4, -0.2) is 52.5 Å².